The summed E-state index contributed by atoms with van der Waals surface area (Å²) < 4.78 is 4.84. The van der Waals surface area contributed by atoms with Crippen molar-refractivity contribution in [2.45, 2.75) is 12.3 Å². The van der Waals surface area contributed by atoms with Crippen molar-refractivity contribution in [1.82, 2.24) is 0 Å². The van der Waals surface area contributed by atoms with E-state index in [4.69, 9.17) is 21.5 Å². The number of esters is 1. The predicted octanol–water partition coefficient (Wildman–Crippen LogP) is 1.27. The largest absolute Gasteiger partial charge is 0.595 e. The summed E-state index contributed by atoms with van der Waals surface area (Å²) in [5.41, 5.74) is 0.918. The molecular formula is C12H14ClNO4. The van der Waals surface area contributed by atoms with Crippen molar-refractivity contribution in [3.05, 3.63) is 41.1 Å². The van der Waals surface area contributed by atoms with Crippen LogP contribution in [0.25, 0.3) is 6.08 Å². The van der Waals surface area contributed by atoms with Crippen LogP contribution in [-0.2, 0) is 9.53 Å². The summed E-state index contributed by atoms with van der Waals surface area (Å²) in [5, 5.41) is 18.1. The molecule has 98 valence electrons. The molecule has 0 aliphatic carbocycles. The number of carbonyl (C=O) groups is 1. The van der Waals surface area contributed by atoms with E-state index in [1.54, 1.807) is 25.1 Å². The zero-order valence-corrected chi connectivity index (χ0v) is 10.6. The number of hydrogen-bond acceptors (Lipinski definition) is 4. The second-order valence-corrected chi connectivity index (χ2v) is 4.42. The van der Waals surface area contributed by atoms with Gasteiger partial charge in [-0.1, -0.05) is 0 Å². The normalized spacial score (nSPS) is 14.4. The number of ether oxygens (including phenoxy) is 1. The zero-order chi connectivity index (χ0) is 13.5. The number of nitrogens with one attached hydrogen (secondary N) is 1. The molecule has 1 aromatic rings. The summed E-state index contributed by atoms with van der Waals surface area (Å²) in [7, 11) is 0. The van der Waals surface area contributed by atoms with Gasteiger partial charge in [0, 0.05) is 18.2 Å². The van der Waals surface area contributed by atoms with Crippen LogP contribution in [0.2, 0.25) is 0 Å². The fourth-order valence-electron chi connectivity index (χ4n) is 1.15. The second-order valence-electron chi connectivity index (χ2n) is 3.67. The number of alkyl halides is 1. The number of halogens is 1. The van der Waals surface area contributed by atoms with Crippen LogP contribution in [0, 0.1) is 5.21 Å². The third kappa shape index (κ3) is 5.29. The highest BCUT2D eigenvalue weighted by Gasteiger charge is 2.01. The predicted molar refractivity (Wildman–Crippen MR) is 67.5 cm³/mol. The molecule has 0 aliphatic heterocycles. The quantitative estimate of drug-likeness (QED) is 0.366. The van der Waals surface area contributed by atoms with E-state index in [9.17, 15) is 10.0 Å². The monoisotopic (exact) mass is 271 g/mol. The summed E-state index contributed by atoms with van der Waals surface area (Å²) >= 11 is 5.63. The molecule has 0 heterocycles. The van der Waals surface area contributed by atoms with E-state index in [0.717, 1.165) is 5.56 Å². The van der Waals surface area contributed by atoms with Crippen molar-refractivity contribution < 1.29 is 20.0 Å². The SMILES string of the molecule is CC(Cl)COC(=O)C=Cc1ccc([NH+]([O-])O)cc1. The number of rotatable bonds is 5. The molecule has 0 aliphatic rings. The Morgan fingerprint density at radius 1 is 1.56 bits per heavy atom. The van der Waals surface area contributed by atoms with Crippen molar-refractivity contribution in [3.8, 4) is 0 Å². The third-order valence-corrected chi connectivity index (χ3v) is 2.15. The van der Waals surface area contributed by atoms with Gasteiger partial charge in [-0.25, -0.2) is 10.0 Å². The van der Waals surface area contributed by atoms with E-state index >= 15 is 0 Å². The highest BCUT2D eigenvalue weighted by Crippen LogP contribution is 2.07. The fourth-order valence-corrected chi connectivity index (χ4v) is 1.21. The van der Waals surface area contributed by atoms with Crippen LogP contribution in [0.5, 0.6) is 0 Å². The van der Waals surface area contributed by atoms with E-state index in [1.165, 1.54) is 18.2 Å². The standard InChI is InChI=1S/C12H14ClNO4/c1-9(13)8-18-12(15)7-4-10-2-5-11(6-3-10)14(16)17/h2-7,9,14,16H,8H2,1H3. The molecule has 2 atom stereocenters. The van der Waals surface area contributed by atoms with Crippen molar-refractivity contribution in [3.63, 3.8) is 0 Å². The molecular weight excluding hydrogens is 258 g/mol. The van der Waals surface area contributed by atoms with E-state index < -0.39 is 11.2 Å². The lowest BCUT2D eigenvalue weighted by Gasteiger charge is -2.10. The lowest BCUT2D eigenvalue weighted by atomic mass is 10.2. The molecule has 0 radical (unpaired) electrons. The molecule has 0 fully saturated rings. The Balaban J connectivity index is 2.53. The molecule has 0 amide bonds. The molecule has 1 rings (SSSR count). The van der Waals surface area contributed by atoms with Crippen LogP contribution in [0.1, 0.15) is 12.5 Å². The Kier molecular flexibility index (Phi) is 5.80. The van der Waals surface area contributed by atoms with Gasteiger partial charge in [0.15, 0.2) is 5.69 Å². The lowest BCUT2D eigenvalue weighted by molar-refractivity contribution is -0.991. The zero-order valence-electron chi connectivity index (χ0n) is 9.80. The second kappa shape index (κ2) is 7.13. The number of benzene rings is 1. The molecule has 2 N–H and O–H groups in total. The molecule has 0 bridgehead atoms. The van der Waals surface area contributed by atoms with Crippen molar-refractivity contribution in [2.75, 3.05) is 6.61 Å². The minimum atomic E-state index is -0.985. The van der Waals surface area contributed by atoms with Crippen molar-refractivity contribution in [2.24, 2.45) is 0 Å². The summed E-state index contributed by atoms with van der Waals surface area (Å²) in [6, 6.07) is 6.15. The topological polar surface area (TPSA) is 74.0 Å². The molecule has 6 heteroatoms. The summed E-state index contributed by atoms with van der Waals surface area (Å²) in [5.74, 6) is -0.482. The Morgan fingerprint density at radius 3 is 2.67 bits per heavy atom. The van der Waals surface area contributed by atoms with Crippen molar-refractivity contribution >= 4 is 29.3 Å². The molecule has 2 unspecified atom stereocenters. The number of carbonyl (C=O) groups excluding carboxylic acids is 1. The molecule has 0 saturated carbocycles. The number of hydrogen-bond donors (Lipinski definition) is 2. The minimum Gasteiger partial charge on any atom is -0.595 e. The Morgan fingerprint density at radius 2 is 2.17 bits per heavy atom. The molecule has 0 spiro atoms. The van der Waals surface area contributed by atoms with Gasteiger partial charge in [-0.2, -0.15) is 5.23 Å². The molecule has 1 aromatic carbocycles. The summed E-state index contributed by atoms with van der Waals surface area (Å²) in [4.78, 5) is 11.2. The Labute approximate surface area is 110 Å². The van der Waals surface area contributed by atoms with E-state index in [-0.39, 0.29) is 17.7 Å². The Bertz CT molecular complexity index is 415. The van der Waals surface area contributed by atoms with Crippen molar-refractivity contribution in [1.29, 1.82) is 0 Å². The van der Waals surface area contributed by atoms with Gasteiger partial charge in [0.05, 0.1) is 5.38 Å². The summed E-state index contributed by atoms with van der Waals surface area (Å²) in [6.45, 7) is 1.88. The van der Waals surface area contributed by atoms with Gasteiger partial charge in [0.25, 0.3) is 0 Å². The fraction of sp³-hybridized carbons (Fsp3) is 0.250. The first-order valence-electron chi connectivity index (χ1n) is 5.31. The van der Waals surface area contributed by atoms with Gasteiger partial charge >= 0.3 is 5.97 Å². The van der Waals surface area contributed by atoms with E-state index in [2.05, 4.69) is 0 Å². The summed E-state index contributed by atoms with van der Waals surface area (Å²) in [6.07, 6.45) is 2.82. The smallest absolute Gasteiger partial charge is 0.330 e. The number of quaternary nitrogens is 1. The maximum Gasteiger partial charge on any atom is 0.330 e. The highest BCUT2D eigenvalue weighted by molar-refractivity contribution is 6.20. The Hall–Kier alpha value is -1.40. The highest BCUT2D eigenvalue weighted by atomic mass is 35.5. The first-order valence-corrected chi connectivity index (χ1v) is 5.75. The maximum atomic E-state index is 11.2. The first-order chi connectivity index (χ1) is 8.49. The molecule has 18 heavy (non-hydrogen) atoms. The first kappa shape index (κ1) is 14.7. The van der Waals surface area contributed by atoms with Crippen LogP contribution < -0.4 is 5.23 Å². The molecule has 0 saturated heterocycles. The van der Waals surface area contributed by atoms with Gasteiger partial charge in [-0.05, 0) is 30.7 Å². The maximum absolute atomic E-state index is 11.2. The van der Waals surface area contributed by atoms with Gasteiger partial charge < -0.3 is 9.94 Å². The van der Waals surface area contributed by atoms with Crippen LogP contribution in [0.3, 0.4) is 0 Å². The van der Waals surface area contributed by atoms with Gasteiger partial charge in [-0.3, -0.25) is 0 Å². The van der Waals surface area contributed by atoms with Crippen LogP contribution in [-0.4, -0.2) is 23.2 Å². The van der Waals surface area contributed by atoms with Crippen LogP contribution >= 0.6 is 11.6 Å². The van der Waals surface area contributed by atoms with Gasteiger partial charge in [0.1, 0.15) is 6.61 Å². The molecule has 0 aromatic heterocycles. The molecule has 5 nitrogen and oxygen atoms in total. The van der Waals surface area contributed by atoms with Gasteiger partial charge in [-0.15, -0.1) is 11.6 Å². The van der Waals surface area contributed by atoms with E-state index in [1.807, 2.05) is 0 Å². The van der Waals surface area contributed by atoms with Crippen LogP contribution in [0.4, 0.5) is 5.69 Å². The third-order valence-electron chi connectivity index (χ3n) is 2.02. The average molecular weight is 272 g/mol. The average Bonchev–Trinajstić information content (AvgIpc) is 2.34. The van der Waals surface area contributed by atoms with E-state index in [0.29, 0.717) is 0 Å². The minimum absolute atomic E-state index is 0.155. The van der Waals surface area contributed by atoms with Gasteiger partial charge in [0.2, 0.25) is 0 Å². The lowest BCUT2D eigenvalue weighted by Crippen LogP contribution is -2.99. The van der Waals surface area contributed by atoms with Crippen LogP contribution in [0.15, 0.2) is 30.3 Å².